The van der Waals surface area contributed by atoms with E-state index >= 15 is 0 Å². The van der Waals surface area contributed by atoms with E-state index in [2.05, 4.69) is 73.9 Å². The summed E-state index contributed by atoms with van der Waals surface area (Å²) in [5, 5.41) is 0. The van der Waals surface area contributed by atoms with Crippen molar-refractivity contribution in [1.29, 1.82) is 0 Å². The molecule has 1 atom stereocenters. The fraction of sp³-hybridized carbons (Fsp3) is 0.519. The van der Waals surface area contributed by atoms with Gasteiger partial charge in [-0.1, -0.05) is 89.3 Å². The highest BCUT2D eigenvalue weighted by Gasteiger charge is 2.20. The molecule has 0 saturated heterocycles. The van der Waals surface area contributed by atoms with E-state index in [9.17, 15) is 0 Å². The standard InChI is InChI=1S/C27H36N2/c1-20(2)19-23-13-15-24(16-14-23)21(3)27-28-25-11-7-8-12-26(25)29(27)18-17-22-9-5-4-6-10-22/h7-8,11-16,20-22H,4-6,9-10,17-19H2,1-3H3/t21-/m0/s1. The number of benzene rings is 2. The molecule has 0 amide bonds. The van der Waals surface area contributed by atoms with Crippen molar-refractivity contribution in [2.75, 3.05) is 0 Å². The van der Waals surface area contributed by atoms with Crippen LogP contribution in [-0.4, -0.2) is 9.55 Å². The highest BCUT2D eigenvalue weighted by molar-refractivity contribution is 5.76. The molecule has 29 heavy (non-hydrogen) atoms. The molecule has 3 aromatic rings. The van der Waals surface area contributed by atoms with Gasteiger partial charge in [-0.2, -0.15) is 0 Å². The average Bonchev–Trinajstić information content (AvgIpc) is 3.11. The monoisotopic (exact) mass is 388 g/mol. The van der Waals surface area contributed by atoms with E-state index in [1.807, 2.05) is 0 Å². The summed E-state index contributed by atoms with van der Waals surface area (Å²) in [6.45, 7) is 7.97. The molecule has 1 aliphatic carbocycles. The van der Waals surface area contributed by atoms with Gasteiger partial charge in [-0.25, -0.2) is 4.98 Å². The number of aromatic nitrogens is 2. The lowest BCUT2D eigenvalue weighted by molar-refractivity contribution is 0.323. The van der Waals surface area contributed by atoms with E-state index in [4.69, 9.17) is 4.98 Å². The molecule has 2 heteroatoms. The average molecular weight is 389 g/mol. The van der Waals surface area contributed by atoms with Crippen molar-refractivity contribution in [3.8, 4) is 0 Å². The van der Waals surface area contributed by atoms with Crippen LogP contribution in [0.15, 0.2) is 48.5 Å². The van der Waals surface area contributed by atoms with Gasteiger partial charge in [0, 0.05) is 12.5 Å². The van der Waals surface area contributed by atoms with E-state index in [1.54, 1.807) is 0 Å². The van der Waals surface area contributed by atoms with Gasteiger partial charge < -0.3 is 4.57 Å². The molecule has 1 aliphatic rings. The fourth-order valence-corrected chi connectivity index (χ4v) is 5.01. The first-order valence-electron chi connectivity index (χ1n) is 11.7. The summed E-state index contributed by atoms with van der Waals surface area (Å²) >= 11 is 0. The van der Waals surface area contributed by atoms with Crippen LogP contribution < -0.4 is 0 Å². The van der Waals surface area contributed by atoms with E-state index in [0.717, 1.165) is 24.4 Å². The van der Waals surface area contributed by atoms with Crippen LogP contribution in [-0.2, 0) is 13.0 Å². The predicted molar refractivity (Wildman–Crippen MR) is 123 cm³/mol. The first-order valence-corrected chi connectivity index (χ1v) is 11.7. The van der Waals surface area contributed by atoms with Gasteiger partial charge in [-0.15, -0.1) is 0 Å². The summed E-state index contributed by atoms with van der Waals surface area (Å²) in [6.07, 6.45) is 9.52. The molecular formula is C27H36N2. The molecule has 1 fully saturated rings. The number of hydrogen-bond acceptors (Lipinski definition) is 1. The Morgan fingerprint density at radius 1 is 0.931 bits per heavy atom. The predicted octanol–water partition coefficient (Wildman–Crippen LogP) is 7.36. The molecule has 1 heterocycles. The maximum Gasteiger partial charge on any atom is 0.117 e. The van der Waals surface area contributed by atoms with Crippen molar-refractivity contribution in [2.45, 2.75) is 78.2 Å². The Labute approximate surface area is 176 Å². The van der Waals surface area contributed by atoms with E-state index < -0.39 is 0 Å². The largest absolute Gasteiger partial charge is 0.327 e. The second-order valence-corrected chi connectivity index (χ2v) is 9.46. The molecule has 0 unspecified atom stereocenters. The van der Waals surface area contributed by atoms with Crippen molar-refractivity contribution in [1.82, 2.24) is 9.55 Å². The van der Waals surface area contributed by atoms with Crippen molar-refractivity contribution in [3.05, 3.63) is 65.5 Å². The number of hydrogen-bond donors (Lipinski definition) is 0. The van der Waals surface area contributed by atoms with Crippen LogP contribution in [0.1, 0.15) is 82.2 Å². The Morgan fingerprint density at radius 3 is 2.38 bits per heavy atom. The molecule has 1 aromatic heterocycles. The third-order valence-corrected chi connectivity index (χ3v) is 6.68. The number of imidazole rings is 1. The minimum atomic E-state index is 0.307. The molecule has 0 bridgehead atoms. The fourth-order valence-electron chi connectivity index (χ4n) is 5.01. The molecular weight excluding hydrogens is 352 g/mol. The van der Waals surface area contributed by atoms with E-state index in [0.29, 0.717) is 11.8 Å². The zero-order valence-electron chi connectivity index (χ0n) is 18.4. The maximum atomic E-state index is 5.09. The smallest absolute Gasteiger partial charge is 0.117 e. The number of para-hydroxylation sites is 2. The van der Waals surface area contributed by atoms with Crippen LogP contribution in [0.3, 0.4) is 0 Å². The van der Waals surface area contributed by atoms with Crippen LogP contribution >= 0.6 is 0 Å². The zero-order chi connectivity index (χ0) is 20.2. The second-order valence-electron chi connectivity index (χ2n) is 9.46. The third kappa shape index (κ3) is 4.74. The van der Waals surface area contributed by atoms with Crippen molar-refractivity contribution < 1.29 is 0 Å². The Morgan fingerprint density at radius 2 is 1.66 bits per heavy atom. The topological polar surface area (TPSA) is 17.8 Å². The van der Waals surface area contributed by atoms with E-state index in [-0.39, 0.29) is 0 Å². The maximum absolute atomic E-state index is 5.09. The van der Waals surface area contributed by atoms with Crippen LogP contribution in [0, 0.1) is 11.8 Å². The van der Waals surface area contributed by atoms with Gasteiger partial charge in [0.05, 0.1) is 11.0 Å². The summed E-state index contributed by atoms with van der Waals surface area (Å²) < 4.78 is 2.51. The van der Waals surface area contributed by atoms with Gasteiger partial charge in [0.2, 0.25) is 0 Å². The first kappa shape index (κ1) is 20.2. The van der Waals surface area contributed by atoms with Crippen LogP contribution in [0.5, 0.6) is 0 Å². The van der Waals surface area contributed by atoms with Crippen molar-refractivity contribution in [3.63, 3.8) is 0 Å². The number of rotatable bonds is 7. The highest BCUT2D eigenvalue weighted by atomic mass is 15.1. The Kier molecular flexibility index (Phi) is 6.37. The molecule has 2 aromatic carbocycles. The van der Waals surface area contributed by atoms with Gasteiger partial charge in [-0.05, 0) is 47.9 Å². The lowest BCUT2D eigenvalue weighted by Crippen LogP contribution is -2.13. The van der Waals surface area contributed by atoms with Crippen molar-refractivity contribution in [2.24, 2.45) is 11.8 Å². The second kappa shape index (κ2) is 9.15. The van der Waals surface area contributed by atoms with Crippen LogP contribution in [0.2, 0.25) is 0 Å². The molecule has 4 rings (SSSR count). The normalized spacial score (nSPS) is 16.6. The highest BCUT2D eigenvalue weighted by Crippen LogP contribution is 2.31. The molecule has 2 nitrogen and oxygen atoms in total. The molecule has 0 radical (unpaired) electrons. The Balaban J connectivity index is 1.59. The van der Waals surface area contributed by atoms with Crippen LogP contribution in [0.4, 0.5) is 0 Å². The minimum Gasteiger partial charge on any atom is -0.327 e. The molecule has 1 saturated carbocycles. The molecule has 0 N–H and O–H groups in total. The molecule has 0 spiro atoms. The molecule has 0 aliphatic heterocycles. The van der Waals surface area contributed by atoms with Gasteiger partial charge in [-0.3, -0.25) is 0 Å². The summed E-state index contributed by atoms with van der Waals surface area (Å²) in [7, 11) is 0. The summed E-state index contributed by atoms with van der Waals surface area (Å²) in [5.74, 6) is 3.12. The van der Waals surface area contributed by atoms with Gasteiger partial charge in [0.25, 0.3) is 0 Å². The van der Waals surface area contributed by atoms with Crippen molar-refractivity contribution >= 4 is 11.0 Å². The van der Waals surface area contributed by atoms with Gasteiger partial charge in [0.1, 0.15) is 5.82 Å². The Bertz CT molecular complexity index is 913. The van der Waals surface area contributed by atoms with Crippen LogP contribution in [0.25, 0.3) is 11.0 Å². The van der Waals surface area contributed by atoms with Gasteiger partial charge in [0.15, 0.2) is 0 Å². The first-order chi connectivity index (χ1) is 14.1. The summed E-state index contributed by atoms with van der Waals surface area (Å²) in [6, 6.07) is 17.9. The number of nitrogens with zero attached hydrogens (tertiary/aromatic N) is 2. The minimum absolute atomic E-state index is 0.307. The zero-order valence-corrected chi connectivity index (χ0v) is 18.4. The third-order valence-electron chi connectivity index (χ3n) is 6.68. The Hall–Kier alpha value is -2.09. The van der Waals surface area contributed by atoms with Gasteiger partial charge >= 0.3 is 0 Å². The quantitative estimate of drug-likeness (QED) is 0.413. The molecule has 154 valence electrons. The number of aryl methyl sites for hydroxylation is 1. The number of fused-ring (bicyclic) bond motifs is 1. The lowest BCUT2D eigenvalue weighted by Gasteiger charge is -2.23. The lowest BCUT2D eigenvalue weighted by atomic mass is 9.87. The van der Waals surface area contributed by atoms with E-state index in [1.165, 1.54) is 61.0 Å². The summed E-state index contributed by atoms with van der Waals surface area (Å²) in [5.41, 5.74) is 5.23. The summed E-state index contributed by atoms with van der Waals surface area (Å²) in [4.78, 5) is 5.09. The SMILES string of the molecule is CC(C)Cc1ccc([C@H](C)c2nc3ccccc3n2CCC2CCCCC2)cc1.